The summed E-state index contributed by atoms with van der Waals surface area (Å²) < 4.78 is 14.5. The van der Waals surface area contributed by atoms with Crippen LogP contribution in [0.15, 0.2) is 59.3 Å². The molecule has 1 aliphatic rings. The number of nitrogens with zero attached hydrogens (tertiary/aromatic N) is 3. The zero-order valence-electron chi connectivity index (χ0n) is 16.6. The third-order valence-electron chi connectivity index (χ3n) is 5.30. The number of nitrogens with one attached hydrogen (secondary N) is 1. The summed E-state index contributed by atoms with van der Waals surface area (Å²) in [5.74, 6) is 0.182. The molecule has 1 amide bonds. The summed E-state index contributed by atoms with van der Waals surface area (Å²) in [7, 11) is 0. The molecule has 1 unspecified atom stereocenters. The standard InChI is InChI=1S/C23H22BrFN4O/c1-15-10-20(7-8-21(15)24)28-22(30)17-5-3-9-29(14-17)23-26-12-18(13-27-23)16-4-2-6-19(25)11-16/h2,4,6-8,10-13,17H,3,5,9,14H2,1H3,(H,28,30). The van der Waals surface area contributed by atoms with Crippen LogP contribution in [0.3, 0.4) is 0 Å². The van der Waals surface area contributed by atoms with Gasteiger partial charge in [0, 0.05) is 41.2 Å². The Morgan fingerprint density at radius 2 is 1.97 bits per heavy atom. The quantitative estimate of drug-likeness (QED) is 0.570. The first kappa shape index (κ1) is 20.5. The number of hydrogen-bond acceptors (Lipinski definition) is 4. The molecule has 0 aliphatic carbocycles. The van der Waals surface area contributed by atoms with E-state index in [1.54, 1.807) is 18.5 Å². The molecule has 1 aromatic heterocycles. The number of anilines is 2. The van der Waals surface area contributed by atoms with Gasteiger partial charge in [-0.15, -0.1) is 0 Å². The number of hydrogen-bond donors (Lipinski definition) is 1. The third kappa shape index (κ3) is 4.67. The van der Waals surface area contributed by atoms with E-state index in [1.165, 1.54) is 12.1 Å². The molecule has 1 fully saturated rings. The second-order valence-electron chi connectivity index (χ2n) is 7.52. The van der Waals surface area contributed by atoms with Crippen molar-refractivity contribution in [1.29, 1.82) is 0 Å². The number of benzene rings is 2. The Hall–Kier alpha value is -2.80. The van der Waals surface area contributed by atoms with Gasteiger partial charge in [0.2, 0.25) is 11.9 Å². The molecule has 30 heavy (non-hydrogen) atoms. The van der Waals surface area contributed by atoms with Crippen molar-refractivity contribution in [2.45, 2.75) is 19.8 Å². The molecule has 1 saturated heterocycles. The Morgan fingerprint density at radius 1 is 1.17 bits per heavy atom. The van der Waals surface area contributed by atoms with E-state index in [2.05, 4.69) is 31.2 Å². The van der Waals surface area contributed by atoms with Crippen LogP contribution in [0.1, 0.15) is 18.4 Å². The van der Waals surface area contributed by atoms with E-state index in [9.17, 15) is 9.18 Å². The average molecular weight is 469 g/mol. The van der Waals surface area contributed by atoms with Crippen molar-refractivity contribution in [3.05, 3.63) is 70.7 Å². The summed E-state index contributed by atoms with van der Waals surface area (Å²) in [6.45, 7) is 3.37. The molecule has 1 N–H and O–H groups in total. The fraction of sp³-hybridized carbons (Fsp3) is 0.261. The minimum absolute atomic E-state index is 0.0119. The first-order valence-electron chi connectivity index (χ1n) is 9.89. The number of halogens is 2. The largest absolute Gasteiger partial charge is 0.340 e. The van der Waals surface area contributed by atoms with E-state index in [0.717, 1.165) is 46.2 Å². The van der Waals surface area contributed by atoms with Crippen molar-refractivity contribution in [3.63, 3.8) is 0 Å². The van der Waals surface area contributed by atoms with Gasteiger partial charge in [0.25, 0.3) is 0 Å². The van der Waals surface area contributed by atoms with Crippen LogP contribution in [0.5, 0.6) is 0 Å². The van der Waals surface area contributed by atoms with Gasteiger partial charge in [0.05, 0.1) is 5.92 Å². The Kier molecular flexibility index (Phi) is 6.08. The molecule has 0 spiro atoms. The van der Waals surface area contributed by atoms with Crippen LogP contribution in [0.25, 0.3) is 11.1 Å². The summed E-state index contributed by atoms with van der Waals surface area (Å²) in [5.41, 5.74) is 3.37. The lowest BCUT2D eigenvalue weighted by atomic mass is 9.97. The molecule has 0 bridgehead atoms. The highest BCUT2D eigenvalue weighted by molar-refractivity contribution is 9.10. The first-order chi connectivity index (χ1) is 14.5. The van der Waals surface area contributed by atoms with Crippen molar-refractivity contribution in [2.75, 3.05) is 23.3 Å². The Labute approximate surface area is 183 Å². The lowest BCUT2D eigenvalue weighted by molar-refractivity contribution is -0.120. The van der Waals surface area contributed by atoms with E-state index < -0.39 is 0 Å². The third-order valence-corrected chi connectivity index (χ3v) is 6.19. The number of aromatic nitrogens is 2. The molecular weight excluding hydrogens is 447 g/mol. The van der Waals surface area contributed by atoms with Gasteiger partial charge in [0.15, 0.2) is 0 Å². The minimum Gasteiger partial charge on any atom is -0.340 e. The number of rotatable bonds is 4. The van der Waals surface area contributed by atoms with Crippen molar-refractivity contribution in [3.8, 4) is 11.1 Å². The topological polar surface area (TPSA) is 58.1 Å². The van der Waals surface area contributed by atoms with E-state index in [0.29, 0.717) is 12.5 Å². The molecule has 3 aromatic rings. The zero-order chi connectivity index (χ0) is 21.1. The predicted octanol–water partition coefficient (Wildman–Crippen LogP) is 5.21. The molecule has 0 saturated carbocycles. The normalized spacial score (nSPS) is 16.4. The SMILES string of the molecule is Cc1cc(NC(=O)C2CCCN(c3ncc(-c4cccc(F)c4)cn3)C2)ccc1Br. The Bertz CT molecular complexity index is 1060. The minimum atomic E-state index is -0.289. The lowest BCUT2D eigenvalue weighted by Crippen LogP contribution is -2.41. The first-order valence-corrected chi connectivity index (χ1v) is 10.7. The molecule has 1 aliphatic heterocycles. The molecule has 4 rings (SSSR count). The average Bonchev–Trinajstić information content (AvgIpc) is 2.76. The van der Waals surface area contributed by atoms with Gasteiger partial charge in [-0.05, 0) is 61.2 Å². The number of carbonyl (C=O) groups excluding carboxylic acids is 1. The van der Waals surface area contributed by atoms with Gasteiger partial charge in [-0.1, -0.05) is 28.1 Å². The number of aryl methyl sites for hydroxylation is 1. The van der Waals surface area contributed by atoms with E-state index >= 15 is 0 Å². The van der Waals surface area contributed by atoms with Crippen LogP contribution in [-0.2, 0) is 4.79 Å². The maximum Gasteiger partial charge on any atom is 0.229 e. The van der Waals surface area contributed by atoms with Crippen molar-refractivity contribution in [2.24, 2.45) is 5.92 Å². The van der Waals surface area contributed by atoms with Crippen molar-refractivity contribution in [1.82, 2.24) is 9.97 Å². The van der Waals surface area contributed by atoms with Crippen LogP contribution < -0.4 is 10.2 Å². The highest BCUT2D eigenvalue weighted by Gasteiger charge is 2.27. The van der Waals surface area contributed by atoms with Gasteiger partial charge in [-0.2, -0.15) is 0 Å². The molecule has 154 valence electrons. The van der Waals surface area contributed by atoms with Crippen molar-refractivity contribution < 1.29 is 9.18 Å². The summed E-state index contributed by atoms with van der Waals surface area (Å²) in [6.07, 6.45) is 5.13. The molecule has 2 aromatic carbocycles. The predicted molar refractivity (Wildman–Crippen MR) is 120 cm³/mol. The molecule has 1 atom stereocenters. The zero-order valence-corrected chi connectivity index (χ0v) is 18.2. The lowest BCUT2D eigenvalue weighted by Gasteiger charge is -2.32. The number of carbonyl (C=O) groups is 1. The Morgan fingerprint density at radius 3 is 2.70 bits per heavy atom. The highest BCUT2D eigenvalue weighted by Crippen LogP contribution is 2.25. The van der Waals surface area contributed by atoms with E-state index in [4.69, 9.17) is 0 Å². The molecule has 7 heteroatoms. The maximum absolute atomic E-state index is 13.5. The van der Waals surface area contributed by atoms with Gasteiger partial charge >= 0.3 is 0 Å². The van der Waals surface area contributed by atoms with Crippen LogP contribution in [0.2, 0.25) is 0 Å². The summed E-state index contributed by atoms with van der Waals surface area (Å²) in [4.78, 5) is 23.7. The second-order valence-corrected chi connectivity index (χ2v) is 8.37. The van der Waals surface area contributed by atoms with Gasteiger partial charge < -0.3 is 10.2 Å². The van der Waals surface area contributed by atoms with Crippen LogP contribution in [0, 0.1) is 18.7 Å². The summed E-state index contributed by atoms with van der Waals surface area (Å²) in [6, 6.07) is 12.1. The van der Waals surface area contributed by atoms with Gasteiger partial charge in [-0.25, -0.2) is 14.4 Å². The Balaban J connectivity index is 1.43. The molecule has 2 heterocycles. The smallest absolute Gasteiger partial charge is 0.229 e. The summed E-state index contributed by atoms with van der Waals surface area (Å²) in [5, 5.41) is 3.02. The molecule has 0 radical (unpaired) electrons. The van der Waals surface area contributed by atoms with Gasteiger partial charge in [0.1, 0.15) is 5.82 Å². The second kappa shape index (κ2) is 8.92. The fourth-order valence-corrected chi connectivity index (χ4v) is 3.89. The van der Waals surface area contributed by atoms with Crippen LogP contribution in [0.4, 0.5) is 16.0 Å². The van der Waals surface area contributed by atoms with Crippen LogP contribution >= 0.6 is 15.9 Å². The number of amides is 1. The van der Waals surface area contributed by atoms with Gasteiger partial charge in [-0.3, -0.25) is 4.79 Å². The fourth-order valence-electron chi connectivity index (χ4n) is 3.64. The van der Waals surface area contributed by atoms with E-state index in [-0.39, 0.29) is 17.6 Å². The monoisotopic (exact) mass is 468 g/mol. The summed E-state index contributed by atoms with van der Waals surface area (Å²) >= 11 is 3.48. The number of piperidine rings is 1. The maximum atomic E-state index is 13.5. The van der Waals surface area contributed by atoms with E-state index in [1.807, 2.05) is 36.1 Å². The molecular formula is C23H22BrFN4O. The highest BCUT2D eigenvalue weighted by atomic mass is 79.9. The molecule has 5 nitrogen and oxygen atoms in total. The van der Waals surface area contributed by atoms with Crippen LogP contribution in [-0.4, -0.2) is 29.0 Å². The van der Waals surface area contributed by atoms with Crippen molar-refractivity contribution >= 4 is 33.5 Å².